The molecule has 0 aliphatic heterocycles. The molecule has 1 aliphatic rings. The van der Waals surface area contributed by atoms with E-state index in [4.69, 9.17) is 4.74 Å². The van der Waals surface area contributed by atoms with Crippen LogP contribution in [0.25, 0.3) is 10.9 Å². The van der Waals surface area contributed by atoms with Crippen LogP contribution in [0.1, 0.15) is 24.8 Å². The molecule has 1 aromatic carbocycles. The van der Waals surface area contributed by atoms with Crippen molar-refractivity contribution in [1.82, 2.24) is 4.98 Å². The summed E-state index contributed by atoms with van der Waals surface area (Å²) in [5.41, 5.74) is 1.80. The van der Waals surface area contributed by atoms with E-state index >= 15 is 0 Å². The van der Waals surface area contributed by atoms with E-state index in [1.54, 1.807) is 0 Å². The number of benzene rings is 1. The number of hydrogen-bond donors (Lipinski definition) is 0. The zero-order valence-electron chi connectivity index (χ0n) is 10.9. The third-order valence-electron chi connectivity index (χ3n) is 3.65. The first-order chi connectivity index (χ1) is 9.44. The molecule has 106 valence electrons. The summed E-state index contributed by atoms with van der Waals surface area (Å²) in [5.74, 6) is 1.39. The maximum atomic E-state index is 12.3. The van der Waals surface area contributed by atoms with E-state index in [0.29, 0.717) is 22.7 Å². The van der Waals surface area contributed by atoms with Crippen molar-refractivity contribution in [3.05, 3.63) is 36.0 Å². The minimum atomic E-state index is -4.34. The third kappa shape index (κ3) is 2.71. The van der Waals surface area contributed by atoms with Gasteiger partial charge in [0.05, 0.1) is 5.52 Å². The summed E-state index contributed by atoms with van der Waals surface area (Å²) < 4.78 is 41.7. The molecule has 1 saturated carbocycles. The second-order valence-corrected chi connectivity index (χ2v) is 5.31. The lowest BCUT2D eigenvalue weighted by Crippen LogP contribution is -2.19. The fourth-order valence-electron chi connectivity index (χ4n) is 2.44. The van der Waals surface area contributed by atoms with Crippen molar-refractivity contribution >= 4 is 10.9 Å². The molecule has 3 rings (SSSR count). The zero-order chi connectivity index (χ0) is 14.3. The topological polar surface area (TPSA) is 22.1 Å². The van der Waals surface area contributed by atoms with E-state index in [1.807, 2.05) is 18.2 Å². The van der Waals surface area contributed by atoms with Gasteiger partial charge in [0.15, 0.2) is 6.61 Å². The van der Waals surface area contributed by atoms with Crippen molar-refractivity contribution < 1.29 is 17.9 Å². The predicted octanol–water partition coefficient (Wildman–Crippen LogP) is 4.30. The molecule has 2 aromatic rings. The van der Waals surface area contributed by atoms with Gasteiger partial charge in [-0.3, -0.25) is 4.98 Å². The number of halogens is 3. The van der Waals surface area contributed by atoms with Gasteiger partial charge in [-0.25, -0.2) is 0 Å². The summed E-state index contributed by atoms with van der Waals surface area (Å²) in [4.78, 5) is 4.16. The molecule has 1 fully saturated rings. The van der Waals surface area contributed by atoms with Crippen LogP contribution in [-0.2, 0) is 0 Å². The van der Waals surface area contributed by atoms with Crippen molar-refractivity contribution in [2.24, 2.45) is 5.92 Å². The Morgan fingerprint density at radius 2 is 2.05 bits per heavy atom. The predicted molar refractivity (Wildman–Crippen MR) is 69.8 cm³/mol. The quantitative estimate of drug-likeness (QED) is 0.836. The zero-order valence-corrected chi connectivity index (χ0v) is 10.9. The fourth-order valence-corrected chi connectivity index (χ4v) is 2.44. The normalized spacial score (nSPS) is 22.0. The molecule has 1 heterocycles. The van der Waals surface area contributed by atoms with Gasteiger partial charge in [-0.1, -0.05) is 13.0 Å². The Bertz CT molecular complexity index is 639. The second kappa shape index (κ2) is 4.65. The lowest BCUT2D eigenvalue weighted by molar-refractivity contribution is -0.153. The van der Waals surface area contributed by atoms with Gasteiger partial charge < -0.3 is 4.74 Å². The highest BCUT2D eigenvalue weighted by atomic mass is 19.4. The van der Waals surface area contributed by atoms with E-state index in [1.165, 1.54) is 12.3 Å². The van der Waals surface area contributed by atoms with Crippen LogP contribution >= 0.6 is 0 Å². The van der Waals surface area contributed by atoms with Crippen LogP contribution in [0.15, 0.2) is 30.5 Å². The first kappa shape index (κ1) is 13.2. The largest absolute Gasteiger partial charge is 0.483 e. The number of ether oxygens (including phenoxy) is 1. The number of alkyl halides is 3. The minimum absolute atomic E-state index is 0.238. The molecule has 1 aliphatic carbocycles. The number of hydrogen-bond acceptors (Lipinski definition) is 2. The highest BCUT2D eigenvalue weighted by Gasteiger charge is 2.34. The van der Waals surface area contributed by atoms with Crippen LogP contribution in [0.4, 0.5) is 13.2 Å². The Morgan fingerprint density at radius 3 is 2.70 bits per heavy atom. The number of rotatable bonds is 3. The summed E-state index contributed by atoms with van der Waals surface area (Å²) in [6.07, 6.45) is -1.74. The Balaban J connectivity index is 1.94. The van der Waals surface area contributed by atoms with Crippen molar-refractivity contribution in [1.29, 1.82) is 0 Å². The number of aromatic nitrogens is 1. The Morgan fingerprint density at radius 1 is 1.30 bits per heavy atom. The van der Waals surface area contributed by atoms with Crippen LogP contribution in [0.3, 0.4) is 0 Å². The van der Waals surface area contributed by atoms with E-state index < -0.39 is 12.8 Å². The standard InChI is InChI=1S/C15H14F3NO/c1-9-6-11(9)10-2-3-13-12(7-10)14(4-5-19-13)20-8-15(16,17)18/h2-5,7,9,11H,6,8H2,1H3/t9-,11-/m0/s1. The van der Waals surface area contributed by atoms with Crippen LogP contribution in [0.2, 0.25) is 0 Å². The first-order valence-electron chi connectivity index (χ1n) is 6.52. The molecular weight excluding hydrogens is 267 g/mol. The lowest BCUT2D eigenvalue weighted by atomic mass is 10.1. The first-order valence-corrected chi connectivity index (χ1v) is 6.52. The average Bonchev–Trinajstić information content (AvgIpc) is 3.12. The fraction of sp³-hybridized carbons (Fsp3) is 0.400. The number of fused-ring (bicyclic) bond motifs is 1. The maximum Gasteiger partial charge on any atom is 0.422 e. The summed E-state index contributed by atoms with van der Waals surface area (Å²) in [6.45, 7) is 0.884. The van der Waals surface area contributed by atoms with E-state index in [2.05, 4.69) is 11.9 Å². The lowest BCUT2D eigenvalue weighted by Gasteiger charge is -2.11. The third-order valence-corrected chi connectivity index (χ3v) is 3.65. The van der Waals surface area contributed by atoms with Gasteiger partial charge in [0.1, 0.15) is 5.75 Å². The summed E-state index contributed by atoms with van der Waals surface area (Å²) in [5, 5.41) is 0.647. The van der Waals surface area contributed by atoms with Crippen LogP contribution in [0, 0.1) is 5.92 Å². The van der Waals surface area contributed by atoms with E-state index in [0.717, 1.165) is 12.0 Å². The van der Waals surface area contributed by atoms with Gasteiger partial charge >= 0.3 is 6.18 Å². The van der Waals surface area contributed by atoms with Crippen molar-refractivity contribution in [2.45, 2.75) is 25.4 Å². The molecule has 0 amide bonds. The number of pyridine rings is 1. The molecule has 2 atom stereocenters. The van der Waals surface area contributed by atoms with Gasteiger partial charge in [0.2, 0.25) is 0 Å². The SMILES string of the molecule is C[C@H]1C[C@@H]1c1ccc2nccc(OCC(F)(F)F)c2c1. The minimum Gasteiger partial charge on any atom is -0.483 e. The van der Waals surface area contributed by atoms with E-state index in [9.17, 15) is 13.2 Å². The van der Waals surface area contributed by atoms with Crippen LogP contribution in [0.5, 0.6) is 5.75 Å². The Kier molecular flexibility index (Phi) is 3.07. The van der Waals surface area contributed by atoms with Crippen molar-refractivity contribution in [2.75, 3.05) is 6.61 Å². The molecule has 2 nitrogen and oxygen atoms in total. The average molecular weight is 281 g/mol. The molecule has 0 bridgehead atoms. The van der Waals surface area contributed by atoms with Gasteiger partial charge in [-0.05, 0) is 42.0 Å². The monoisotopic (exact) mass is 281 g/mol. The van der Waals surface area contributed by atoms with Crippen molar-refractivity contribution in [3.63, 3.8) is 0 Å². The molecule has 5 heteroatoms. The molecule has 0 radical (unpaired) electrons. The van der Waals surface area contributed by atoms with Crippen molar-refractivity contribution in [3.8, 4) is 5.75 Å². The highest BCUT2D eigenvalue weighted by Crippen LogP contribution is 2.47. The summed E-state index contributed by atoms with van der Waals surface area (Å²) >= 11 is 0. The molecule has 0 unspecified atom stereocenters. The Labute approximate surface area is 114 Å². The van der Waals surface area contributed by atoms with Gasteiger partial charge in [0, 0.05) is 11.6 Å². The molecule has 0 spiro atoms. The Hall–Kier alpha value is -1.78. The van der Waals surface area contributed by atoms with Gasteiger partial charge in [-0.2, -0.15) is 13.2 Å². The summed E-state index contributed by atoms with van der Waals surface area (Å²) in [7, 11) is 0. The molecular formula is C15H14F3NO. The van der Waals surface area contributed by atoms with Gasteiger partial charge in [-0.15, -0.1) is 0 Å². The smallest absolute Gasteiger partial charge is 0.422 e. The molecule has 0 N–H and O–H groups in total. The molecule has 0 saturated heterocycles. The van der Waals surface area contributed by atoms with Crippen LogP contribution < -0.4 is 4.74 Å². The maximum absolute atomic E-state index is 12.3. The summed E-state index contributed by atoms with van der Waals surface area (Å²) in [6, 6.07) is 7.23. The van der Waals surface area contributed by atoms with E-state index in [-0.39, 0.29) is 5.75 Å². The van der Waals surface area contributed by atoms with Gasteiger partial charge in [0.25, 0.3) is 0 Å². The molecule has 20 heavy (non-hydrogen) atoms. The highest BCUT2D eigenvalue weighted by molar-refractivity contribution is 5.85. The second-order valence-electron chi connectivity index (χ2n) is 5.31. The van der Waals surface area contributed by atoms with Crippen LogP contribution in [-0.4, -0.2) is 17.8 Å². The number of nitrogens with zero attached hydrogens (tertiary/aromatic N) is 1. The molecule has 1 aromatic heterocycles.